The quantitative estimate of drug-likeness (QED) is 0.665. The Kier molecular flexibility index (Phi) is 6.91. The summed E-state index contributed by atoms with van der Waals surface area (Å²) in [5, 5.41) is 11.9. The highest BCUT2D eigenvalue weighted by atomic mass is 16.5. The summed E-state index contributed by atoms with van der Waals surface area (Å²) in [7, 11) is 3.16. The van der Waals surface area contributed by atoms with Crippen molar-refractivity contribution < 1.29 is 24.2 Å². The van der Waals surface area contributed by atoms with Gasteiger partial charge < -0.3 is 24.8 Å². The van der Waals surface area contributed by atoms with E-state index in [0.717, 1.165) is 6.42 Å². The molecule has 0 bridgehead atoms. The molecule has 1 atom stereocenters. The van der Waals surface area contributed by atoms with Gasteiger partial charge in [-0.3, -0.25) is 4.79 Å². The second-order valence-electron chi connectivity index (χ2n) is 5.63. The molecule has 0 heterocycles. The van der Waals surface area contributed by atoms with Crippen molar-refractivity contribution >= 4 is 12.0 Å². The number of amides is 2. The van der Waals surface area contributed by atoms with E-state index < -0.39 is 11.5 Å². The number of carboxylic acids is 1. The number of methoxy groups -OCH3 is 2. The number of nitrogens with zero attached hydrogens (tertiary/aromatic N) is 1. The molecule has 0 saturated heterocycles. The third-order valence-corrected chi connectivity index (χ3v) is 3.91. The Bertz CT molecular complexity index is 357. The number of hydrogen-bond acceptors (Lipinski definition) is 4. The van der Waals surface area contributed by atoms with Gasteiger partial charge in [-0.1, -0.05) is 0 Å². The summed E-state index contributed by atoms with van der Waals surface area (Å²) in [5.41, 5.74) is -0.596. The highest BCUT2D eigenvalue weighted by Crippen LogP contribution is 2.35. The van der Waals surface area contributed by atoms with E-state index in [1.165, 1.54) is 0 Å². The average Bonchev–Trinajstić information content (AvgIpc) is 2.36. The average molecular weight is 302 g/mol. The molecule has 1 unspecified atom stereocenters. The zero-order valence-corrected chi connectivity index (χ0v) is 13.1. The number of ether oxygens (including phenoxy) is 2. The maximum Gasteiger partial charge on any atom is 0.318 e. The Labute approximate surface area is 125 Å². The summed E-state index contributed by atoms with van der Waals surface area (Å²) in [6, 6.07) is -0.357. The molecular formula is C14H26N2O5. The first-order valence-electron chi connectivity index (χ1n) is 7.22. The Balaban J connectivity index is 2.67. The predicted octanol–water partition coefficient (Wildman–Crippen LogP) is 1.08. The van der Waals surface area contributed by atoms with Crippen LogP contribution in [0.3, 0.4) is 0 Å². The second-order valence-corrected chi connectivity index (χ2v) is 5.63. The minimum atomic E-state index is -0.886. The number of rotatable bonds is 9. The minimum absolute atomic E-state index is 0.0322. The van der Waals surface area contributed by atoms with Gasteiger partial charge in [0.25, 0.3) is 0 Å². The van der Waals surface area contributed by atoms with E-state index in [1.807, 2.05) is 6.92 Å². The van der Waals surface area contributed by atoms with Crippen molar-refractivity contribution in [2.45, 2.75) is 44.2 Å². The largest absolute Gasteiger partial charge is 0.481 e. The summed E-state index contributed by atoms with van der Waals surface area (Å²) in [6.45, 7) is 3.18. The van der Waals surface area contributed by atoms with Crippen LogP contribution in [0.4, 0.5) is 4.79 Å². The molecule has 122 valence electrons. The van der Waals surface area contributed by atoms with Crippen LogP contribution in [0.1, 0.15) is 32.6 Å². The topological polar surface area (TPSA) is 88.1 Å². The third kappa shape index (κ3) is 5.17. The van der Waals surface area contributed by atoms with Crippen LogP contribution in [0.25, 0.3) is 0 Å². The Hall–Kier alpha value is -1.34. The lowest BCUT2D eigenvalue weighted by Gasteiger charge is -2.43. The molecule has 2 amide bonds. The minimum Gasteiger partial charge on any atom is -0.481 e. The van der Waals surface area contributed by atoms with Gasteiger partial charge in [-0.25, -0.2) is 4.79 Å². The maximum atomic E-state index is 12.5. The standard InChI is InChI=1S/C14H26N2O5/c1-11(10-21-3)16(7-8-20-2)13(19)15-14(5-4-6-14)9-12(17)18/h11H,4-10H2,1-3H3,(H,15,19)(H,17,18). The molecule has 0 aromatic heterocycles. The molecule has 0 spiro atoms. The summed E-state index contributed by atoms with van der Waals surface area (Å²) in [5.74, 6) is -0.886. The van der Waals surface area contributed by atoms with Gasteiger partial charge in [-0.2, -0.15) is 0 Å². The van der Waals surface area contributed by atoms with Crippen LogP contribution >= 0.6 is 0 Å². The lowest BCUT2D eigenvalue weighted by molar-refractivity contribution is -0.139. The van der Waals surface area contributed by atoms with E-state index in [9.17, 15) is 9.59 Å². The summed E-state index contributed by atoms with van der Waals surface area (Å²) < 4.78 is 10.1. The number of carboxylic acid groups (broad SMARTS) is 1. The van der Waals surface area contributed by atoms with Crippen LogP contribution in [0.15, 0.2) is 0 Å². The molecule has 0 aliphatic heterocycles. The Morgan fingerprint density at radius 3 is 2.43 bits per heavy atom. The van der Waals surface area contributed by atoms with E-state index in [2.05, 4.69) is 5.32 Å². The zero-order valence-electron chi connectivity index (χ0n) is 13.1. The van der Waals surface area contributed by atoms with Crippen LogP contribution in [-0.4, -0.2) is 67.6 Å². The number of aliphatic carboxylic acids is 1. The number of carbonyl (C=O) groups is 2. The predicted molar refractivity (Wildman–Crippen MR) is 77.3 cm³/mol. The van der Waals surface area contributed by atoms with Crippen molar-refractivity contribution in [1.29, 1.82) is 0 Å². The molecule has 7 nitrogen and oxygen atoms in total. The lowest BCUT2D eigenvalue weighted by Crippen LogP contribution is -2.60. The molecule has 0 aromatic rings. The van der Waals surface area contributed by atoms with Gasteiger partial charge in [0.05, 0.1) is 31.2 Å². The number of hydrogen-bond donors (Lipinski definition) is 2. The van der Waals surface area contributed by atoms with Crippen LogP contribution in [0.2, 0.25) is 0 Å². The van der Waals surface area contributed by atoms with Crippen molar-refractivity contribution in [3.8, 4) is 0 Å². The van der Waals surface area contributed by atoms with E-state index in [4.69, 9.17) is 14.6 Å². The van der Waals surface area contributed by atoms with Gasteiger partial charge in [-0.05, 0) is 26.2 Å². The SMILES string of the molecule is COCCN(C(=O)NC1(CC(=O)O)CCC1)C(C)COC. The molecule has 21 heavy (non-hydrogen) atoms. The van der Waals surface area contributed by atoms with E-state index >= 15 is 0 Å². The zero-order chi connectivity index (χ0) is 15.9. The van der Waals surface area contributed by atoms with Crippen molar-refractivity contribution in [3.63, 3.8) is 0 Å². The van der Waals surface area contributed by atoms with Crippen molar-refractivity contribution in [2.75, 3.05) is 34.0 Å². The molecule has 0 radical (unpaired) electrons. The first-order chi connectivity index (χ1) is 9.94. The molecule has 1 rings (SSSR count). The van der Waals surface area contributed by atoms with Gasteiger partial charge in [0.15, 0.2) is 0 Å². The first-order valence-corrected chi connectivity index (χ1v) is 7.22. The molecule has 1 aliphatic carbocycles. The Morgan fingerprint density at radius 1 is 1.33 bits per heavy atom. The molecule has 7 heteroatoms. The maximum absolute atomic E-state index is 12.5. The van der Waals surface area contributed by atoms with Crippen molar-refractivity contribution in [1.82, 2.24) is 10.2 Å². The van der Waals surface area contributed by atoms with Gasteiger partial charge in [-0.15, -0.1) is 0 Å². The summed E-state index contributed by atoms with van der Waals surface area (Å²) in [4.78, 5) is 25.1. The van der Waals surface area contributed by atoms with E-state index in [-0.39, 0.29) is 18.5 Å². The van der Waals surface area contributed by atoms with Crippen molar-refractivity contribution in [3.05, 3.63) is 0 Å². The highest BCUT2D eigenvalue weighted by molar-refractivity contribution is 5.77. The fourth-order valence-corrected chi connectivity index (χ4v) is 2.58. The second kappa shape index (κ2) is 8.19. The molecular weight excluding hydrogens is 276 g/mol. The molecule has 1 aliphatic rings. The van der Waals surface area contributed by atoms with Crippen LogP contribution in [0.5, 0.6) is 0 Å². The third-order valence-electron chi connectivity index (χ3n) is 3.91. The normalized spacial score (nSPS) is 17.7. The van der Waals surface area contributed by atoms with Crippen molar-refractivity contribution in [2.24, 2.45) is 0 Å². The first kappa shape index (κ1) is 17.7. The molecule has 2 N–H and O–H groups in total. The Morgan fingerprint density at radius 2 is 2.00 bits per heavy atom. The number of carbonyl (C=O) groups excluding carboxylic acids is 1. The molecule has 0 aromatic carbocycles. The van der Waals surface area contributed by atoms with Crippen LogP contribution in [0, 0.1) is 0 Å². The fraction of sp³-hybridized carbons (Fsp3) is 0.857. The lowest BCUT2D eigenvalue weighted by atomic mass is 9.74. The highest BCUT2D eigenvalue weighted by Gasteiger charge is 2.41. The van der Waals surface area contributed by atoms with Crippen LogP contribution in [-0.2, 0) is 14.3 Å². The monoisotopic (exact) mass is 302 g/mol. The molecule has 1 saturated carbocycles. The van der Waals surface area contributed by atoms with Gasteiger partial charge in [0.1, 0.15) is 0 Å². The number of nitrogens with one attached hydrogen (secondary N) is 1. The smallest absolute Gasteiger partial charge is 0.318 e. The van der Waals surface area contributed by atoms with E-state index in [1.54, 1.807) is 19.1 Å². The van der Waals surface area contributed by atoms with E-state index in [0.29, 0.717) is 32.6 Å². The van der Waals surface area contributed by atoms with Gasteiger partial charge in [0, 0.05) is 20.8 Å². The summed E-state index contributed by atoms with van der Waals surface area (Å²) in [6.07, 6.45) is 2.33. The van der Waals surface area contributed by atoms with Gasteiger partial charge >= 0.3 is 12.0 Å². The van der Waals surface area contributed by atoms with Crippen LogP contribution < -0.4 is 5.32 Å². The summed E-state index contributed by atoms with van der Waals surface area (Å²) >= 11 is 0. The fourth-order valence-electron chi connectivity index (χ4n) is 2.58. The number of urea groups is 1. The van der Waals surface area contributed by atoms with Gasteiger partial charge in [0.2, 0.25) is 0 Å². The molecule has 1 fully saturated rings.